The maximum absolute atomic E-state index is 12.6. The van der Waals surface area contributed by atoms with Gasteiger partial charge in [-0.2, -0.15) is 5.26 Å². The lowest BCUT2D eigenvalue weighted by Crippen LogP contribution is -2.50. The predicted octanol–water partition coefficient (Wildman–Crippen LogP) is 2.20. The molecule has 2 aliphatic rings. The number of carbonyl (C=O) groups excluding carboxylic acids is 1. The molecule has 3 rings (SSSR count). The maximum atomic E-state index is 12.6. The molecule has 1 aliphatic carbocycles. The standard InChI is InChI=1S/C16H21N5OS/c17-8-12-9-19-16(20-15(12)18)23-10-14(22)21-7-3-5-11-4-1-2-6-13(11)21/h9,11,13H,1-7,10H2,(H2,18,19,20)/t11-,13+/m1/s1. The molecule has 0 unspecified atom stereocenters. The van der Waals surface area contributed by atoms with Crippen LogP contribution in [0.2, 0.25) is 0 Å². The topological polar surface area (TPSA) is 95.9 Å². The van der Waals surface area contributed by atoms with Crippen LogP contribution in [0.4, 0.5) is 5.82 Å². The molecule has 2 atom stereocenters. The minimum atomic E-state index is 0.165. The summed E-state index contributed by atoms with van der Waals surface area (Å²) in [5.74, 6) is 1.35. The normalized spacial score (nSPS) is 23.9. The minimum Gasteiger partial charge on any atom is -0.382 e. The third-order valence-electron chi connectivity index (χ3n) is 4.80. The zero-order valence-electron chi connectivity index (χ0n) is 13.1. The van der Waals surface area contributed by atoms with Gasteiger partial charge in [0.1, 0.15) is 17.5 Å². The smallest absolute Gasteiger partial charge is 0.233 e. The zero-order chi connectivity index (χ0) is 16.2. The van der Waals surface area contributed by atoms with Gasteiger partial charge < -0.3 is 10.6 Å². The Morgan fingerprint density at radius 3 is 2.96 bits per heavy atom. The fourth-order valence-corrected chi connectivity index (χ4v) is 4.39. The van der Waals surface area contributed by atoms with Crippen molar-refractivity contribution in [3.8, 4) is 6.07 Å². The highest BCUT2D eigenvalue weighted by molar-refractivity contribution is 7.99. The van der Waals surface area contributed by atoms with Gasteiger partial charge in [-0.15, -0.1) is 0 Å². The van der Waals surface area contributed by atoms with Gasteiger partial charge in [0, 0.05) is 12.6 Å². The van der Waals surface area contributed by atoms with E-state index < -0.39 is 0 Å². The number of nitriles is 1. The van der Waals surface area contributed by atoms with Crippen molar-refractivity contribution in [3.05, 3.63) is 11.8 Å². The summed E-state index contributed by atoms with van der Waals surface area (Å²) in [5.41, 5.74) is 5.95. The lowest BCUT2D eigenvalue weighted by atomic mass is 9.78. The van der Waals surface area contributed by atoms with E-state index in [1.807, 2.05) is 6.07 Å². The van der Waals surface area contributed by atoms with Gasteiger partial charge in [-0.3, -0.25) is 4.79 Å². The minimum absolute atomic E-state index is 0.165. The van der Waals surface area contributed by atoms with Crippen molar-refractivity contribution in [2.24, 2.45) is 5.92 Å². The molecule has 0 spiro atoms. The number of fused-ring (bicyclic) bond motifs is 1. The molecule has 0 bridgehead atoms. The molecule has 1 aromatic rings. The van der Waals surface area contributed by atoms with Crippen molar-refractivity contribution in [2.45, 2.75) is 49.7 Å². The number of likely N-dealkylation sites (tertiary alicyclic amines) is 1. The van der Waals surface area contributed by atoms with Crippen LogP contribution < -0.4 is 5.73 Å². The van der Waals surface area contributed by atoms with Gasteiger partial charge in [0.2, 0.25) is 5.91 Å². The van der Waals surface area contributed by atoms with Gasteiger partial charge in [0.15, 0.2) is 5.16 Å². The second-order valence-corrected chi connectivity index (χ2v) is 7.14. The van der Waals surface area contributed by atoms with Gasteiger partial charge in [0.05, 0.1) is 11.9 Å². The highest BCUT2D eigenvalue weighted by Crippen LogP contribution is 2.35. The first-order chi connectivity index (χ1) is 11.2. The molecule has 1 aromatic heterocycles. The van der Waals surface area contributed by atoms with Gasteiger partial charge in [-0.25, -0.2) is 9.97 Å². The molecule has 1 amide bonds. The molecule has 2 heterocycles. The van der Waals surface area contributed by atoms with Crippen LogP contribution in [0, 0.1) is 17.2 Å². The first kappa shape index (κ1) is 16.1. The van der Waals surface area contributed by atoms with Crippen molar-refractivity contribution < 1.29 is 4.79 Å². The average Bonchev–Trinajstić information content (AvgIpc) is 2.59. The molecule has 1 aliphatic heterocycles. The lowest BCUT2D eigenvalue weighted by Gasteiger charge is -2.44. The number of aromatic nitrogens is 2. The van der Waals surface area contributed by atoms with Crippen LogP contribution >= 0.6 is 11.8 Å². The maximum Gasteiger partial charge on any atom is 0.233 e. The van der Waals surface area contributed by atoms with Crippen LogP contribution in [0.5, 0.6) is 0 Å². The summed E-state index contributed by atoms with van der Waals surface area (Å²) < 4.78 is 0. The third-order valence-corrected chi connectivity index (χ3v) is 5.65. The highest BCUT2D eigenvalue weighted by atomic mass is 32.2. The molecule has 6 nitrogen and oxygen atoms in total. The van der Waals surface area contributed by atoms with E-state index in [-0.39, 0.29) is 17.3 Å². The van der Waals surface area contributed by atoms with Crippen LogP contribution in [-0.4, -0.2) is 39.1 Å². The number of hydrogen-bond donors (Lipinski definition) is 1. The number of piperidine rings is 1. The number of nitrogens with two attached hydrogens (primary N) is 1. The predicted molar refractivity (Wildman–Crippen MR) is 88.6 cm³/mol. The first-order valence-corrected chi connectivity index (χ1v) is 9.12. The van der Waals surface area contributed by atoms with Crippen molar-refractivity contribution >= 4 is 23.5 Å². The number of amides is 1. The second-order valence-electron chi connectivity index (χ2n) is 6.19. The summed E-state index contributed by atoms with van der Waals surface area (Å²) in [4.78, 5) is 22.8. The van der Waals surface area contributed by atoms with Crippen LogP contribution in [0.25, 0.3) is 0 Å². The van der Waals surface area contributed by atoms with Crippen molar-refractivity contribution in [1.82, 2.24) is 14.9 Å². The number of carbonyl (C=O) groups is 1. The molecule has 2 N–H and O–H groups in total. The van der Waals surface area contributed by atoms with Crippen molar-refractivity contribution in [1.29, 1.82) is 5.26 Å². The third kappa shape index (κ3) is 3.58. The first-order valence-electron chi connectivity index (χ1n) is 8.14. The molecule has 23 heavy (non-hydrogen) atoms. The largest absolute Gasteiger partial charge is 0.382 e. The molecular weight excluding hydrogens is 310 g/mol. The Morgan fingerprint density at radius 2 is 2.17 bits per heavy atom. The van der Waals surface area contributed by atoms with Gasteiger partial charge in [0.25, 0.3) is 0 Å². The van der Waals surface area contributed by atoms with E-state index >= 15 is 0 Å². The van der Waals surface area contributed by atoms with Gasteiger partial charge >= 0.3 is 0 Å². The Hall–Kier alpha value is -1.81. The Morgan fingerprint density at radius 1 is 1.39 bits per heavy atom. The Balaban J connectivity index is 1.60. The summed E-state index contributed by atoms with van der Waals surface area (Å²) in [6.07, 6.45) is 8.71. The summed E-state index contributed by atoms with van der Waals surface area (Å²) in [6, 6.07) is 2.36. The average molecular weight is 331 g/mol. The van der Waals surface area contributed by atoms with Crippen LogP contribution in [-0.2, 0) is 4.79 Å². The number of thioether (sulfide) groups is 1. The number of nitrogen functional groups attached to an aromatic ring is 1. The number of hydrogen-bond acceptors (Lipinski definition) is 6. The van der Waals surface area contributed by atoms with Gasteiger partial charge in [-0.05, 0) is 31.6 Å². The fraction of sp³-hybridized carbons (Fsp3) is 0.625. The SMILES string of the molecule is N#Cc1cnc(SCC(=O)N2CCC[C@H]3CCCC[C@@H]32)nc1N. The summed E-state index contributed by atoms with van der Waals surface area (Å²) >= 11 is 1.29. The Kier molecular flexibility index (Phi) is 5.01. The van der Waals surface area contributed by atoms with E-state index in [1.54, 1.807) is 0 Å². The highest BCUT2D eigenvalue weighted by Gasteiger charge is 2.35. The van der Waals surface area contributed by atoms with Crippen LogP contribution in [0.1, 0.15) is 44.1 Å². The van der Waals surface area contributed by atoms with E-state index in [1.165, 1.54) is 43.6 Å². The van der Waals surface area contributed by atoms with Crippen LogP contribution in [0.15, 0.2) is 11.4 Å². The molecule has 1 saturated carbocycles. The number of anilines is 1. The van der Waals surface area contributed by atoms with E-state index in [0.29, 0.717) is 22.9 Å². The second kappa shape index (κ2) is 7.18. The summed E-state index contributed by atoms with van der Waals surface area (Å²) in [6.45, 7) is 0.872. The summed E-state index contributed by atoms with van der Waals surface area (Å²) in [7, 11) is 0. The van der Waals surface area contributed by atoms with Crippen molar-refractivity contribution in [3.63, 3.8) is 0 Å². The molecular formula is C16H21N5OS. The van der Waals surface area contributed by atoms with Gasteiger partial charge in [-0.1, -0.05) is 24.6 Å². The summed E-state index contributed by atoms with van der Waals surface area (Å²) in [5, 5.41) is 9.28. The van der Waals surface area contributed by atoms with E-state index in [0.717, 1.165) is 19.4 Å². The molecule has 0 radical (unpaired) electrons. The number of nitrogens with zero attached hydrogens (tertiary/aromatic N) is 4. The quantitative estimate of drug-likeness (QED) is 0.674. The van der Waals surface area contributed by atoms with E-state index in [4.69, 9.17) is 11.0 Å². The molecule has 7 heteroatoms. The lowest BCUT2D eigenvalue weighted by molar-refractivity contribution is -0.134. The molecule has 1 saturated heterocycles. The fourth-order valence-electron chi connectivity index (χ4n) is 3.68. The van der Waals surface area contributed by atoms with E-state index in [2.05, 4.69) is 14.9 Å². The zero-order valence-corrected chi connectivity index (χ0v) is 13.9. The molecule has 2 fully saturated rings. The van der Waals surface area contributed by atoms with Crippen LogP contribution in [0.3, 0.4) is 0 Å². The van der Waals surface area contributed by atoms with Crippen molar-refractivity contribution in [2.75, 3.05) is 18.0 Å². The molecule has 0 aromatic carbocycles. The monoisotopic (exact) mass is 331 g/mol. The Bertz CT molecular complexity index is 627. The Labute approximate surface area is 140 Å². The van der Waals surface area contributed by atoms with E-state index in [9.17, 15) is 4.79 Å². The number of rotatable bonds is 3. The molecule has 122 valence electrons.